The summed E-state index contributed by atoms with van der Waals surface area (Å²) in [6.07, 6.45) is -13.9. The molecule has 1 aliphatic carbocycles. The molecule has 88 valence electrons. The molecule has 1 saturated carbocycles. The summed E-state index contributed by atoms with van der Waals surface area (Å²) in [6.45, 7) is 2.74. The smallest absolute Gasteiger partial charge is 0.381 e. The Hall–Kier alpha value is -0.720. The Kier molecular flexibility index (Phi) is 1.36. The molecule has 0 aromatic carbocycles. The van der Waals surface area contributed by atoms with Crippen LogP contribution in [-0.4, -0.2) is 13.9 Å². The highest BCUT2D eigenvalue weighted by Crippen LogP contribution is 2.34. The molecular formula is C8H11F3O3S. The number of halogens is 3. The molecule has 15 heavy (non-hydrogen) atoms. The van der Waals surface area contributed by atoms with E-state index >= 15 is 0 Å². The molecule has 1 fully saturated rings. The maximum atomic E-state index is 12.3. The average Bonchev–Trinajstić information content (AvgIpc) is 2.30. The summed E-state index contributed by atoms with van der Waals surface area (Å²) in [6, 6.07) is 0. The lowest BCUT2D eigenvalue weighted by atomic mass is 10.1. The predicted molar refractivity (Wildman–Crippen MR) is 47.2 cm³/mol. The van der Waals surface area contributed by atoms with Crippen LogP contribution >= 0.6 is 0 Å². The predicted octanol–water partition coefficient (Wildman–Crippen LogP) is 2.56. The van der Waals surface area contributed by atoms with Crippen LogP contribution in [0, 0.1) is 5.92 Å². The third-order valence-electron chi connectivity index (χ3n) is 1.32. The second-order valence-corrected chi connectivity index (χ2v) is 3.96. The van der Waals surface area contributed by atoms with Crippen molar-refractivity contribution in [3.63, 3.8) is 0 Å². The summed E-state index contributed by atoms with van der Waals surface area (Å²) < 4.78 is 122. The topological polar surface area (TPSA) is 43.4 Å². The van der Waals surface area contributed by atoms with Gasteiger partial charge in [-0.25, -0.2) is 0 Å². The Labute approximate surface area is 97.3 Å². The van der Waals surface area contributed by atoms with Crippen LogP contribution < -0.4 is 0 Å². The van der Waals surface area contributed by atoms with Gasteiger partial charge in [0.1, 0.15) is 5.76 Å². The van der Waals surface area contributed by atoms with Crippen LogP contribution in [-0.2, 0) is 14.3 Å². The van der Waals surface area contributed by atoms with E-state index in [2.05, 4.69) is 10.8 Å². The fourth-order valence-electron chi connectivity index (χ4n) is 0.650. The minimum absolute atomic E-state index is 1.58. The Morgan fingerprint density at radius 3 is 2.27 bits per heavy atom. The van der Waals surface area contributed by atoms with Crippen LogP contribution in [0.5, 0.6) is 0 Å². The van der Waals surface area contributed by atoms with Gasteiger partial charge >= 0.3 is 15.6 Å². The Morgan fingerprint density at radius 2 is 1.87 bits per heavy atom. The Morgan fingerprint density at radius 1 is 1.40 bits per heavy atom. The van der Waals surface area contributed by atoms with Crippen molar-refractivity contribution in [1.82, 2.24) is 0 Å². The zero-order chi connectivity index (χ0) is 18.9. The quantitative estimate of drug-likeness (QED) is 0.440. The lowest BCUT2D eigenvalue weighted by molar-refractivity contribution is -0.0526. The standard InChI is InChI=1S/C8H11F3O3S/c1-6(7-4-2-3-5-7)14-15(12,13)8(9,10)11/h7H,1-5H2/i2D2,3D2,4D2,5D2. The van der Waals surface area contributed by atoms with Gasteiger partial charge in [0.15, 0.2) is 0 Å². The highest BCUT2D eigenvalue weighted by Gasteiger charge is 2.49. The van der Waals surface area contributed by atoms with Gasteiger partial charge in [-0.1, -0.05) is 19.3 Å². The molecule has 0 atom stereocenters. The molecule has 0 spiro atoms. The fourth-order valence-corrected chi connectivity index (χ4v) is 1.12. The van der Waals surface area contributed by atoms with Crippen molar-refractivity contribution in [2.75, 3.05) is 0 Å². The van der Waals surface area contributed by atoms with Crippen LogP contribution in [0.4, 0.5) is 13.2 Å². The highest BCUT2D eigenvalue weighted by molar-refractivity contribution is 7.87. The number of hydrogen-bond donors (Lipinski definition) is 0. The second-order valence-electron chi connectivity index (χ2n) is 2.42. The van der Waals surface area contributed by atoms with Crippen molar-refractivity contribution >= 4 is 10.1 Å². The maximum absolute atomic E-state index is 12.3. The van der Waals surface area contributed by atoms with Gasteiger partial charge in [0, 0.05) is 16.9 Å². The van der Waals surface area contributed by atoms with Crippen molar-refractivity contribution in [2.45, 2.75) is 31.0 Å². The van der Waals surface area contributed by atoms with Gasteiger partial charge in [0.2, 0.25) is 0 Å². The van der Waals surface area contributed by atoms with E-state index in [4.69, 9.17) is 11.0 Å². The van der Waals surface area contributed by atoms with Gasteiger partial charge in [0.25, 0.3) is 0 Å². The lowest BCUT2D eigenvalue weighted by Crippen LogP contribution is -2.26. The molecule has 0 aromatic rings. The monoisotopic (exact) mass is 252 g/mol. The molecule has 0 aromatic heterocycles. The van der Waals surface area contributed by atoms with Gasteiger partial charge < -0.3 is 4.18 Å². The van der Waals surface area contributed by atoms with Crippen molar-refractivity contribution < 1.29 is 36.7 Å². The molecule has 0 amide bonds. The minimum Gasteiger partial charge on any atom is -0.381 e. The van der Waals surface area contributed by atoms with E-state index in [-0.39, 0.29) is 0 Å². The summed E-state index contributed by atoms with van der Waals surface area (Å²) >= 11 is 0. The van der Waals surface area contributed by atoms with Gasteiger partial charge in [-0.05, 0) is 12.7 Å². The minimum atomic E-state index is -6.29. The highest BCUT2D eigenvalue weighted by atomic mass is 32.2. The zero-order valence-electron chi connectivity index (χ0n) is 15.1. The average molecular weight is 252 g/mol. The number of hydrogen-bond acceptors (Lipinski definition) is 3. The van der Waals surface area contributed by atoms with Crippen molar-refractivity contribution in [3.05, 3.63) is 12.3 Å². The number of rotatable bonds is 3. The largest absolute Gasteiger partial charge is 0.534 e. The van der Waals surface area contributed by atoms with Crippen molar-refractivity contribution in [1.29, 1.82) is 0 Å². The van der Waals surface area contributed by atoms with E-state index in [9.17, 15) is 21.6 Å². The van der Waals surface area contributed by atoms with E-state index < -0.39 is 52.8 Å². The van der Waals surface area contributed by atoms with Crippen LogP contribution in [0.2, 0.25) is 0 Å². The molecule has 0 aliphatic heterocycles. The summed E-state index contributed by atoms with van der Waals surface area (Å²) in [5.74, 6) is -4.22. The normalized spacial score (nSPS) is 40.5. The number of alkyl halides is 3. The van der Waals surface area contributed by atoms with E-state index in [1.807, 2.05) is 0 Å². The summed E-state index contributed by atoms with van der Waals surface area (Å²) in [5, 5.41) is 0. The first-order chi connectivity index (χ1) is 9.75. The second kappa shape index (κ2) is 4.03. The van der Waals surface area contributed by atoms with E-state index in [0.29, 0.717) is 0 Å². The van der Waals surface area contributed by atoms with Crippen LogP contribution in [0.1, 0.15) is 36.5 Å². The SMILES string of the molecule is [2H]C1([2H])C(C(=C)OS(=O)(=O)C(F)(F)F)C([2H])([2H])C([2H])([2H])C1([2H])[2H]. The van der Waals surface area contributed by atoms with Crippen LogP contribution in [0.15, 0.2) is 12.3 Å². The lowest BCUT2D eigenvalue weighted by Gasteiger charge is -2.15. The van der Waals surface area contributed by atoms with Crippen LogP contribution in [0.25, 0.3) is 0 Å². The summed E-state index contributed by atoms with van der Waals surface area (Å²) in [5.41, 5.74) is -5.90. The van der Waals surface area contributed by atoms with Gasteiger partial charge in [-0.15, -0.1) is 0 Å². The van der Waals surface area contributed by atoms with E-state index in [0.717, 1.165) is 0 Å². The first-order valence-corrected chi connectivity index (χ1v) is 4.85. The molecule has 0 N–H and O–H groups in total. The fraction of sp³-hybridized carbons (Fsp3) is 0.750. The third-order valence-corrected chi connectivity index (χ3v) is 2.32. The molecule has 0 bridgehead atoms. The molecule has 7 heteroatoms. The van der Waals surface area contributed by atoms with Gasteiger partial charge in [0.05, 0.1) is 0 Å². The summed E-state index contributed by atoms with van der Waals surface area (Å²) in [7, 11) is -6.29. The first-order valence-electron chi connectivity index (χ1n) is 7.44. The third kappa shape index (κ3) is 2.87. The number of allylic oxidation sites excluding steroid dienone is 1. The molecule has 0 heterocycles. The van der Waals surface area contributed by atoms with Crippen molar-refractivity contribution in [2.24, 2.45) is 5.92 Å². The molecule has 0 radical (unpaired) electrons. The molecule has 1 rings (SSSR count). The van der Waals surface area contributed by atoms with Gasteiger partial charge in [-0.2, -0.15) is 21.6 Å². The molecule has 0 saturated heterocycles. The summed E-state index contributed by atoms with van der Waals surface area (Å²) in [4.78, 5) is 0. The zero-order valence-corrected chi connectivity index (χ0v) is 7.87. The molecule has 3 nitrogen and oxygen atoms in total. The Bertz CT molecular complexity index is 601. The van der Waals surface area contributed by atoms with Gasteiger partial charge in [-0.3, -0.25) is 0 Å². The van der Waals surface area contributed by atoms with E-state index in [1.165, 1.54) is 0 Å². The Balaban J connectivity index is 3.40. The molecular weight excluding hydrogens is 233 g/mol. The molecule has 0 unspecified atom stereocenters. The van der Waals surface area contributed by atoms with Crippen LogP contribution in [0.3, 0.4) is 0 Å². The van der Waals surface area contributed by atoms with E-state index in [1.54, 1.807) is 0 Å². The maximum Gasteiger partial charge on any atom is 0.534 e. The van der Waals surface area contributed by atoms with Crippen molar-refractivity contribution in [3.8, 4) is 0 Å². The molecule has 1 aliphatic rings. The first kappa shape index (κ1) is 5.07.